The zero-order valence-electron chi connectivity index (χ0n) is 5.56. The van der Waals surface area contributed by atoms with Gasteiger partial charge in [-0.3, -0.25) is 0 Å². The van der Waals surface area contributed by atoms with Crippen LogP contribution in [0.4, 0.5) is 4.48 Å². The summed E-state index contributed by atoms with van der Waals surface area (Å²) in [6.07, 6.45) is 2.88. The highest BCUT2D eigenvalue weighted by Crippen LogP contribution is 1.96. The van der Waals surface area contributed by atoms with Crippen LogP contribution in [-0.2, 0) is 0 Å². The molecule has 0 aliphatic heterocycles. The fraction of sp³-hybridized carbons (Fsp3) is 0.286. The first-order valence-electron chi connectivity index (χ1n) is 2.84. The molecule has 1 heterocycles. The first-order valence-corrected chi connectivity index (χ1v) is 2.84. The van der Waals surface area contributed by atoms with Gasteiger partial charge in [0.25, 0.3) is 0 Å². The highest BCUT2D eigenvalue weighted by molar-refractivity contribution is 5.10. The van der Waals surface area contributed by atoms with E-state index in [1.807, 2.05) is 19.9 Å². The van der Waals surface area contributed by atoms with Gasteiger partial charge in [-0.2, -0.15) is 0 Å². The molecule has 0 aromatic carbocycles. The van der Waals surface area contributed by atoms with Crippen molar-refractivity contribution in [2.45, 2.75) is 13.8 Å². The van der Waals surface area contributed by atoms with Gasteiger partial charge in [-0.15, -0.1) is 0 Å². The molecule has 1 nitrogen and oxygen atoms in total. The Bertz CT molecular complexity index is 170. The standard InChI is InChI=1S/C7H9FN/c1-6-3-7(2)5-9(8)4-6/h3-5H,1-2H3/q+1. The molecule has 0 saturated heterocycles. The van der Waals surface area contributed by atoms with Crippen LogP contribution in [-0.4, -0.2) is 0 Å². The van der Waals surface area contributed by atoms with Crippen LogP contribution in [0.1, 0.15) is 11.1 Å². The van der Waals surface area contributed by atoms with E-state index in [-0.39, 0.29) is 0 Å². The summed E-state index contributed by atoms with van der Waals surface area (Å²) < 4.78 is 12.3. The minimum absolute atomic E-state index is 0.574. The van der Waals surface area contributed by atoms with Crippen LogP contribution < -0.4 is 4.79 Å². The number of nitrogens with zero attached hydrogens (tertiary/aromatic N) is 1. The topological polar surface area (TPSA) is 3.88 Å². The molecule has 1 aromatic rings. The third kappa shape index (κ3) is 1.49. The van der Waals surface area contributed by atoms with Gasteiger partial charge in [-0.1, -0.05) is 0 Å². The molecular weight excluding hydrogens is 117 g/mol. The smallest absolute Gasteiger partial charge is 0.0442 e. The molecule has 0 aliphatic rings. The number of halogens is 1. The fourth-order valence-corrected chi connectivity index (χ4v) is 0.860. The van der Waals surface area contributed by atoms with Gasteiger partial charge < -0.3 is 0 Å². The number of rotatable bonds is 0. The second-order valence-electron chi connectivity index (χ2n) is 2.23. The van der Waals surface area contributed by atoms with Gasteiger partial charge in [0.15, 0.2) is 0 Å². The highest BCUT2D eigenvalue weighted by atomic mass is 19.2. The molecule has 0 N–H and O–H groups in total. The maximum absolute atomic E-state index is 12.3. The number of aryl methyl sites for hydroxylation is 2. The molecule has 0 unspecified atom stereocenters. The largest absolute Gasteiger partial charge is 0.221 e. The van der Waals surface area contributed by atoms with Crippen molar-refractivity contribution in [1.29, 1.82) is 0 Å². The van der Waals surface area contributed by atoms with Gasteiger partial charge in [0.2, 0.25) is 12.4 Å². The highest BCUT2D eigenvalue weighted by Gasteiger charge is 1.98. The summed E-state index contributed by atoms with van der Waals surface area (Å²) >= 11 is 0. The van der Waals surface area contributed by atoms with Gasteiger partial charge in [-0.05, 0) is 19.9 Å². The minimum atomic E-state index is 0.574. The lowest BCUT2D eigenvalue weighted by atomic mass is 10.2. The lowest BCUT2D eigenvalue weighted by molar-refractivity contribution is -0.844. The van der Waals surface area contributed by atoms with Crippen molar-refractivity contribution in [3.8, 4) is 0 Å². The van der Waals surface area contributed by atoms with Crippen LogP contribution in [0, 0.1) is 13.8 Å². The Labute approximate surface area is 53.7 Å². The van der Waals surface area contributed by atoms with Crippen molar-refractivity contribution in [1.82, 2.24) is 0 Å². The van der Waals surface area contributed by atoms with E-state index in [1.165, 1.54) is 12.4 Å². The van der Waals surface area contributed by atoms with Gasteiger partial charge in [0, 0.05) is 15.9 Å². The van der Waals surface area contributed by atoms with E-state index in [4.69, 9.17) is 0 Å². The first kappa shape index (κ1) is 6.20. The molecule has 0 bridgehead atoms. The number of aromatic nitrogens is 1. The average molecular weight is 126 g/mol. The molecule has 0 atom stereocenters. The van der Waals surface area contributed by atoms with Gasteiger partial charge >= 0.3 is 0 Å². The molecule has 0 radical (unpaired) electrons. The first-order chi connectivity index (χ1) is 4.18. The van der Waals surface area contributed by atoms with Crippen LogP contribution in [0.15, 0.2) is 18.5 Å². The molecule has 1 rings (SSSR count). The summed E-state index contributed by atoms with van der Waals surface area (Å²) in [7, 11) is 0. The van der Waals surface area contributed by atoms with Crippen LogP contribution in [0.5, 0.6) is 0 Å². The maximum atomic E-state index is 12.3. The Hall–Kier alpha value is -0.920. The summed E-state index contributed by atoms with van der Waals surface area (Å²) in [6.45, 7) is 3.73. The molecule has 2 heteroatoms. The van der Waals surface area contributed by atoms with E-state index in [1.54, 1.807) is 0 Å². The summed E-state index contributed by atoms with van der Waals surface area (Å²) in [4.78, 5) is 0.574. The molecule has 0 saturated carbocycles. The molecule has 48 valence electrons. The quantitative estimate of drug-likeness (QED) is 0.493. The van der Waals surface area contributed by atoms with Gasteiger partial charge in [0.05, 0.1) is 4.48 Å². The Morgan fingerprint density at radius 1 is 1.22 bits per heavy atom. The number of pyridine rings is 1. The van der Waals surface area contributed by atoms with Crippen LogP contribution in [0.3, 0.4) is 0 Å². The molecule has 0 amide bonds. The molecular formula is C7H9FN+. The predicted octanol–water partition coefficient (Wildman–Crippen LogP) is 1.32. The predicted molar refractivity (Wildman–Crippen MR) is 32.6 cm³/mol. The van der Waals surface area contributed by atoms with E-state index in [2.05, 4.69) is 0 Å². The Kier molecular flexibility index (Phi) is 1.47. The van der Waals surface area contributed by atoms with Crippen molar-refractivity contribution in [2.75, 3.05) is 0 Å². The summed E-state index contributed by atoms with van der Waals surface area (Å²) in [6, 6.07) is 1.93. The van der Waals surface area contributed by atoms with Crippen molar-refractivity contribution >= 4 is 0 Å². The third-order valence-electron chi connectivity index (χ3n) is 1.11. The van der Waals surface area contributed by atoms with E-state index in [0.29, 0.717) is 4.79 Å². The Morgan fingerprint density at radius 3 is 2.00 bits per heavy atom. The Balaban J connectivity index is 3.17. The second-order valence-corrected chi connectivity index (χ2v) is 2.23. The summed E-state index contributed by atoms with van der Waals surface area (Å²) in [5, 5.41) is 0. The van der Waals surface area contributed by atoms with E-state index in [9.17, 15) is 4.48 Å². The second kappa shape index (κ2) is 2.13. The number of hydrogen-bond acceptors (Lipinski definition) is 0. The minimum Gasteiger partial charge on any atom is -0.0442 e. The fourth-order valence-electron chi connectivity index (χ4n) is 0.860. The van der Waals surface area contributed by atoms with Gasteiger partial charge in [-0.25, -0.2) is 0 Å². The third-order valence-corrected chi connectivity index (χ3v) is 1.11. The van der Waals surface area contributed by atoms with Crippen LogP contribution in [0.25, 0.3) is 0 Å². The van der Waals surface area contributed by atoms with E-state index >= 15 is 0 Å². The lowest BCUT2D eigenvalue weighted by Crippen LogP contribution is -2.21. The van der Waals surface area contributed by atoms with E-state index in [0.717, 1.165) is 11.1 Å². The summed E-state index contributed by atoms with van der Waals surface area (Å²) in [5.74, 6) is 0. The zero-order valence-corrected chi connectivity index (χ0v) is 5.56. The van der Waals surface area contributed by atoms with Crippen molar-refractivity contribution in [3.63, 3.8) is 0 Å². The molecule has 1 aromatic heterocycles. The average Bonchev–Trinajstić information content (AvgIpc) is 1.59. The molecule has 0 fully saturated rings. The van der Waals surface area contributed by atoms with Gasteiger partial charge in [0.1, 0.15) is 0 Å². The van der Waals surface area contributed by atoms with Crippen molar-refractivity contribution in [3.05, 3.63) is 29.6 Å². The SMILES string of the molecule is Cc1cc(C)c[n+](F)c1. The van der Waals surface area contributed by atoms with Crippen molar-refractivity contribution in [2.24, 2.45) is 0 Å². The molecule has 9 heavy (non-hydrogen) atoms. The van der Waals surface area contributed by atoms with Crippen molar-refractivity contribution < 1.29 is 9.27 Å². The molecule has 0 aliphatic carbocycles. The monoisotopic (exact) mass is 126 g/mol. The Morgan fingerprint density at radius 2 is 1.67 bits per heavy atom. The lowest BCUT2D eigenvalue weighted by Gasteiger charge is -1.86. The number of hydrogen-bond donors (Lipinski definition) is 0. The maximum Gasteiger partial charge on any atom is 0.221 e. The van der Waals surface area contributed by atoms with E-state index < -0.39 is 0 Å². The van der Waals surface area contributed by atoms with Crippen LogP contribution in [0.2, 0.25) is 0 Å². The zero-order chi connectivity index (χ0) is 6.85. The summed E-state index contributed by atoms with van der Waals surface area (Å²) in [5.41, 5.74) is 1.88. The molecule has 0 spiro atoms. The normalized spacial score (nSPS) is 9.67. The van der Waals surface area contributed by atoms with Crippen LogP contribution >= 0.6 is 0 Å².